The minimum atomic E-state index is -1.56. The molecular weight excluding hydrogens is 696 g/mol. The van der Waals surface area contributed by atoms with Crippen LogP contribution in [0.4, 0.5) is 0 Å². The Kier molecular flexibility index (Phi) is 33.9. The lowest BCUT2D eigenvalue weighted by Crippen LogP contribution is -2.59. The molecule has 1 aliphatic rings. The molecule has 0 bridgehead atoms. The van der Waals surface area contributed by atoms with Crippen molar-refractivity contribution in [2.24, 2.45) is 0 Å². The van der Waals surface area contributed by atoms with Crippen molar-refractivity contribution in [3.05, 3.63) is 85.1 Å². The van der Waals surface area contributed by atoms with Gasteiger partial charge in [-0.15, -0.1) is 0 Å². The summed E-state index contributed by atoms with van der Waals surface area (Å²) in [5.74, 6) is -0.356. The average Bonchev–Trinajstić information content (AvgIpc) is 3.18. The Bertz CT molecular complexity index is 1110. The molecule has 6 unspecified atom stereocenters. The normalized spacial score (nSPS) is 21.6. The van der Waals surface area contributed by atoms with Crippen LogP contribution in [0.25, 0.3) is 0 Å². The van der Waals surface area contributed by atoms with Gasteiger partial charge < -0.3 is 39.4 Å². The van der Waals surface area contributed by atoms with Crippen molar-refractivity contribution in [2.45, 2.75) is 173 Å². The lowest BCUT2D eigenvalue weighted by atomic mass is 9.99. The Morgan fingerprint density at radius 2 is 1.11 bits per heavy atom. The second-order valence-corrected chi connectivity index (χ2v) is 14.0. The molecule has 1 heterocycles. The van der Waals surface area contributed by atoms with Crippen LogP contribution in [0.5, 0.6) is 0 Å². The fourth-order valence-electron chi connectivity index (χ4n) is 5.76. The summed E-state index contributed by atoms with van der Waals surface area (Å²) >= 11 is 0. The maximum Gasteiger partial charge on any atom is 0.306 e. The van der Waals surface area contributed by atoms with E-state index >= 15 is 0 Å². The van der Waals surface area contributed by atoms with Crippen LogP contribution in [0.15, 0.2) is 85.1 Å². The Hall–Kier alpha value is -2.63. The first-order chi connectivity index (χ1) is 26.9. The average molecular weight is 773 g/mol. The maximum absolute atomic E-state index is 12.7. The van der Waals surface area contributed by atoms with E-state index in [1.807, 2.05) is 6.08 Å². The number of carbonyl (C=O) groups is 1. The van der Waals surface area contributed by atoms with Crippen LogP contribution in [-0.4, -0.2) is 89.6 Å². The van der Waals surface area contributed by atoms with Gasteiger partial charge in [-0.2, -0.15) is 0 Å². The number of allylic oxidation sites excluding steroid dienone is 13. The highest BCUT2D eigenvalue weighted by Crippen LogP contribution is 2.22. The zero-order valence-electron chi connectivity index (χ0n) is 34.1. The SMILES string of the molecule is CC/C=C\C/C=C\C/C=C\C/C=C\C/C=C\CCOCC(COC1OC(CO)C(O)C(O)C1O)OC(=O)CCCCCCC/C=C\C/C=C\CCCCCC. The van der Waals surface area contributed by atoms with Crippen LogP contribution in [0.1, 0.15) is 136 Å². The fourth-order valence-corrected chi connectivity index (χ4v) is 5.76. The molecule has 6 atom stereocenters. The largest absolute Gasteiger partial charge is 0.457 e. The molecule has 4 N–H and O–H groups in total. The predicted octanol–water partition coefficient (Wildman–Crippen LogP) is 9.08. The highest BCUT2D eigenvalue weighted by molar-refractivity contribution is 5.69. The molecule has 1 fully saturated rings. The molecule has 0 aromatic heterocycles. The highest BCUT2D eigenvalue weighted by atomic mass is 16.7. The quantitative estimate of drug-likeness (QED) is 0.0287. The van der Waals surface area contributed by atoms with Gasteiger partial charge in [0.1, 0.15) is 30.5 Å². The smallest absolute Gasteiger partial charge is 0.306 e. The second-order valence-electron chi connectivity index (χ2n) is 14.0. The maximum atomic E-state index is 12.7. The Morgan fingerprint density at radius 1 is 0.600 bits per heavy atom. The zero-order chi connectivity index (χ0) is 40.0. The second kappa shape index (κ2) is 37.0. The van der Waals surface area contributed by atoms with Crippen LogP contribution in [0.3, 0.4) is 0 Å². The van der Waals surface area contributed by atoms with Crippen molar-refractivity contribution >= 4 is 5.97 Å². The number of ether oxygens (including phenoxy) is 4. The number of carbonyl (C=O) groups excluding carboxylic acids is 1. The third-order valence-electron chi connectivity index (χ3n) is 9.06. The van der Waals surface area contributed by atoms with Crippen LogP contribution in [0.2, 0.25) is 0 Å². The number of hydrogen-bond donors (Lipinski definition) is 4. The number of unbranched alkanes of at least 4 members (excludes halogenated alkanes) is 9. The topological polar surface area (TPSA) is 135 Å². The predicted molar refractivity (Wildman–Crippen MR) is 223 cm³/mol. The monoisotopic (exact) mass is 773 g/mol. The standard InChI is InChI=1S/C46H76O9/c1-3-5-7-9-11-13-15-17-19-21-23-25-27-29-31-33-35-42(48)54-40(39-53-46-45(51)44(50)43(49)41(37-47)55-46)38-52-36-34-32-30-28-26-24-22-20-18-16-14-12-10-8-6-4-2/h6,8,12-15,18-21,24,26,30,32,40-41,43-47,49-51H,3-5,7,9-11,16-17,22-23,25,27-29,31,33-39H2,1-2H3/b8-6-,14-12-,15-13-,20-18-,21-19-,26-24-,32-30-. The van der Waals surface area contributed by atoms with E-state index in [1.165, 1.54) is 32.1 Å². The number of aliphatic hydroxyl groups excluding tert-OH is 4. The Labute approximate surface area is 333 Å². The van der Waals surface area contributed by atoms with Crippen LogP contribution in [0, 0.1) is 0 Å². The molecule has 0 spiro atoms. The summed E-state index contributed by atoms with van der Waals surface area (Å²) in [5, 5.41) is 40.0. The summed E-state index contributed by atoms with van der Waals surface area (Å²) in [6.45, 7) is 4.16. The van der Waals surface area contributed by atoms with Crippen LogP contribution < -0.4 is 0 Å². The van der Waals surface area contributed by atoms with Crippen LogP contribution in [-0.2, 0) is 23.7 Å². The summed E-state index contributed by atoms with van der Waals surface area (Å²) in [5.41, 5.74) is 0. The molecule has 0 radical (unpaired) electrons. The van der Waals surface area contributed by atoms with Gasteiger partial charge in [-0.3, -0.25) is 4.79 Å². The zero-order valence-corrected chi connectivity index (χ0v) is 34.1. The molecule has 9 heteroatoms. The molecular formula is C46H76O9. The van der Waals surface area contributed by atoms with Gasteiger partial charge in [-0.05, 0) is 77.0 Å². The van der Waals surface area contributed by atoms with Gasteiger partial charge in [0.05, 0.1) is 26.4 Å². The molecule has 0 aliphatic carbocycles. The minimum absolute atomic E-state index is 0.0795. The van der Waals surface area contributed by atoms with Crippen molar-refractivity contribution in [1.29, 1.82) is 0 Å². The summed E-state index contributed by atoms with van der Waals surface area (Å²) in [4.78, 5) is 12.7. The van der Waals surface area contributed by atoms with E-state index < -0.39 is 43.4 Å². The van der Waals surface area contributed by atoms with E-state index in [4.69, 9.17) is 18.9 Å². The first kappa shape index (κ1) is 50.4. The first-order valence-electron chi connectivity index (χ1n) is 21.2. The number of esters is 1. The van der Waals surface area contributed by atoms with E-state index in [0.717, 1.165) is 77.0 Å². The molecule has 0 saturated carbocycles. The first-order valence-corrected chi connectivity index (χ1v) is 21.2. The molecule has 1 saturated heterocycles. The third kappa shape index (κ3) is 28.4. The van der Waals surface area contributed by atoms with Gasteiger partial charge in [0.25, 0.3) is 0 Å². The van der Waals surface area contributed by atoms with Crippen LogP contribution >= 0.6 is 0 Å². The van der Waals surface area contributed by atoms with Gasteiger partial charge >= 0.3 is 5.97 Å². The van der Waals surface area contributed by atoms with Gasteiger partial charge in [0.15, 0.2) is 6.29 Å². The molecule has 314 valence electrons. The molecule has 9 nitrogen and oxygen atoms in total. The van der Waals surface area contributed by atoms with E-state index in [-0.39, 0.29) is 25.6 Å². The van der Waals surface area contributed by atoms with Crippen molar-refractivity contribution in [3.8, 4) is 0 Å². The molecule has 1 rings (SSSR count). The lowest BCUT2D eigenvalue weighted by molar-refractivity contribution is -0.305. The van der Waals surface area contributed by atoms with E-state index in [0.29, 0.717) is 13.0 Å². The third-order valence-corrected chi connectivity index (χ3v) is 9.06. The van der Waals surface area contributed by atoms with Gasteiger partial charge in [-0.25, -0.2) is 0 Å². The van der Waals surface area contributed by atoms with Crippen molar-refractivity contribution in [1.82, 2.24) is 0 Å². The molecule has 0 aromatic carbocycles. The van der Waals surface area contributed by atoms with E-state index in [1.54, 1.807) is 0 Å². The van der Waals surface area contributed by atoms with Crippen molar-refractivity contribution in [3.63, 3.8) is 0 Å². The molecule has 1 aliphatic heterocycles. The van der Waals surface area contributed by atoms with E-state index in [2.05, 4.69) is 92.8 Å². The van der Waals surface area contributed by atoms with Gasteiger partial charge in [0.2, 0.25) is 0 Å². The summed E-state index contributed by atoms with van der Waals surface area (Å²) in [7, 11) is 0. The van der Waals surface area contributed by atoms with Crippen molar-refractivity contribution in [2.75, 3.05) is 26.4 Å². The summed E-state index contributed by atoms with van der Waals surface area (Å²) < 4.78 is 22.6. The van der Waals surface area contributed by atoms with Gasteiger partial charge in [-0.1, -0.05) is 137 Å². The van der Waals surface area contributed by atoms with Crippen molar-refractivity contribution < 1.29 is 44.2 Å². The molecule has 0 amide bonds. The number of rotatable bonds is 34. The number of hydrogen-bond acceptors (Lipinski definition) is 9. The Balaban J connectivity index is 2.37. The van der Waals surface area contributed by atoms with E-state index in [9.17, 15) is 25.2 Å². The molecule has 55 heavy (non-hydrogen) atoms. The number of aliphatic hydroxyl groups is 4. The molecule has 0 aromatic rings. The highest BCUT2D eigenvalue weighted by Gasteiger charge is 2.44. The lowest BCUT2D eigenvalue weighted by Gasteiger charge is -2.39. The summed E-state index contributed by atoms with van der Waals surface area (Å²) in [6, 6.07) is 0. The Morgan fingerprint density at radius 3 is 1.67 bits per heavy atom. The summed E-state index contributed by atoms with van der Waals surface area (Å²) in [6.07, 6.45) is 42.0. The minimum Gasteiger partial charge on any atom is -0.457 e. The fraction of sp³-hybridized carbons (Fsp3) is 0.674. The van der Waals surface area contributed by atoms with Gasteiger partial charge in [0, 0.05) is 6.42 Å².